The highest BCUT2D eigenvalue weighted by molar-refractivity contribution is 6.02. The fourth-order valence-corrected chi connectivity index (χ4v) is 1.98. The van der Waals surface area contributed by atoms with Gasteiger partial charge in [0.15, 0.2) is 5.78 Å². The van der Waals surface area contributed by atoms with Crippen molar-refractivity contribution in [3.63, 3.8) is 0 Å². The number of ketones is 1. The molecule has 0 radical (unpaired) electrons. The summed E-state index contributed by atoms with van der Waals surface area (Å²) in [5.74, 6) is 0.0838. The van der Waals surface area contributed by atoms with Crippen LogP contribution in [0.2, 0.25) is 0 Å². The number of rotatable bonds is 2. The van der Waals surface area contributed by atoms with Crippen molar-refractivity contribution in [1.82, 2.24) is 0 Å². The number of benzene rings is 1. The van der Waals surface area contributed by atoms with Crippen LogP contribution < -0.4 is 4.74 Å². The van der Waals surface area contributed by atoms with Gasteiger partial charge in [0, 0.05) is 17.5 Å². The fourth-order valence-electron chi connectivity index (χ4n) is 1.98. The van der Waals surface area contributed by atoms with E-state index in [1.54, 1.807) is 12.1 Å². The van der Waals surface area contributed by atoms with E-state index in [0.717, 1.165) is 0 Å². The Morgan fingerprint density at radius 2 is 2.20 bits per heavy atom. The monoisotopic (exact) mass is 212 g/mol. The quantitative estimate of drug-likeness (QED) is 0.753. The standard InChI is InChI=1S/C11H10F2O2/c1-6-5-8(14)7-3-2-4-9(10(6)7)15-11(12)13/h2-4,6,11H,5H2,1H3. The van der Waals surface area contributed by atoms with E-state index in [4.69, 9.17) is 0 Å². The number of hydrogen-bond donors (Lipinski definition) is 0. The van der Waals surface area contributed by atoms with Crippen LogP contribution in [0.1, 0.15) is 35.2 Å². The average molecular weight is 212 g/mol. The molecule has 1 aliphatic rings. The molecule has 1 aliphatic carbocycles. The summed E-state index contributed by atoms with van der Waals surface area (Å²) in [6.45, 7) is -1.01. The number of carbonyl (C=O) groups excluding carboxylic acids is 1. The second-order valence-corrected chi connectivity index (χ2v) is 3.62. The van der Waals surface area contributed by atoms with Crippen LogP contribution in [0.4, 0.5) is 8.78 Å². The molecule has 0 N–H and O–H groups in total. The maximum absolute atomic E-state index is 12.1. The summed E-state index contributed by atoms with van der Waals surface area (Å²) in [7, 11) is 0. The molecule has 2 nitrogen and oxygen atoms in total. The molecule has 1 unspecified atom stereocenters. The van der Waals surface area contributed by atoms with Crippen LogP contribution in [-0.4, -0.2) is 12.4 Å². The van der Waals surface area contributed by atoms with Gasteiger partial charge >= 0.3 is 6.61 Å². The molecule has 4 heteroatoms. The van der Waals surface area contributed by atoms with E-state index in [-0.39, 0.29) is 17.5 Å². The molecule has 1 aromatic carbocycles. The van der Waals surface area contributed by atoms with E-state index in [2.05, 4.69) is 4.74 Å². The van der Waals surface area contributed by atoms with E-state index < -0.39 is 6.61 Å². The van der Waals surface area contributed by atoms with E-state index >= 15 is 0 Å². The van der Waals surface area contributed by atoms with Gasteiger partial charge in [-0.2, -0.15) is 8.78 Å². The Labute approximate surface area is 85.9 Å². The van der Waals surface area contributed by atoms with Gasteiger partial charge < -0.3 is 4.74 Å². The zero-order valence-electron chi connectivity index (χ0n) is 8.17. The van der Waals surface area contributed by atoms with Gasteiger partial charge in [0.2, 0.25) is 0 Å². The third kappa shape index (κ3) is 1.71. The van der Waals surface area contributed by atoms with Gasteiger partial charge in [-0.25, -0.2) is 0 Å². The van der Waals surface area contributed by atoms with Crippen LogP contribution in [0, 0.1) is 0 Å². The molecule has 0 heterocycles. The Morgan fingerprint density at radius 1 is 1.47 bits per heavy atom. The van der Waals surface area contributed by atoms with Crippen LogP contribution in [0.5, 0.6) is 5.75 Å². The lowest BCUT2D eigenvalue weighted by molar-refractivity contribution is -0.0505. The molecule has 0 aliphatic heterocycles. The minimum Gasteiger partial charge on any atom is -0.435 e. The number of hydrogen-bond acceptors (Lipinski definition) is 2. The van der Waals surface area contributed by atoms with Crippen molar-refractivity contribution in [3.05, 3.63) is 29.3 Å². The normalized spacial score (nSPS) is 19.5. The first kappa shape index (κ1) is 10.1. The van der Waals surface area contributed by atoms with E-state index in [1.165, 1.54) is 6.07 Å². The summed E-state index contributed by atoms with van der Waals surface area (Å²) in [6.07, 6.45) is 0.374. The first-order chi connectivity index (χ1) is 7.09. The molecular formula is C11H10F2O2. The second kappa shape index (κ2) is 3.61. The molecule has 1 atom stereocenters. The molecule has 0 amide bonds. The zero-order valence-corrected chi connectivity index (χ0v) is 8.17. The summed E-state index contributed by atoms with van der Waals surface area (Å²) in [6, 6.07) is 4.69. The molecular weight excluding hydrogens is 202 g/mol. The lowest BCUT2D eigenvalue weighted by atomic mass is 10.0. The molecule has 1 aromatic rings. The van der Waals surface area contributed by atoms with Crippen molar-refractivity contribution in [2.45, 2.75) is 25.9 Å². The van der Waals surface area contributed by atoms with Gasteiger partial charge in [-0.15, -0.1) is 0 Å². The van der Waals surface area contributed by atoms with Crippen molar-refractivity contribution < 1.29 is 18.3 Å². The van der Waals surface area contributed by atoms with Crippen molar-refractivity contribution in [2.24, 2.45) is 0 Å². The maximum atomic E-state index is 12.1. The van der Waals surface area contributed by atoms with Crippen LogP contribution >= 0.6 is 0 Å². The second-order valence-electron chi connectivity index (χ2n) is 3.62. The summed E-state index contributed by atoms with van der Waals surface area (Å²) >= 11 is 0. The zero-order chi connectivity index (χ0) is 11.0. The van der Waals surface area contributed by atoms with Crippen LogP contribution in [0.3, 0.4) is 0 Å². The lowest BCUT2D eigenvalue weighted by Crippen LogP contribution is -2.05. The average Bonchev–Trinajstić information content (AvgIpc) is 2.43. The molecule has 15 heavy (non-hydrogen) atoms. The molecule has 0 aromatic heterocycles. The smallest absolute Gasteiger partial charge is 0.387 e. The number of ether oxygens (including phenoxy) is 1. The van der Waals surface area contributed by atoms with Crippen LogP contribution in [-0.2, 0) is 0 Å². The minimum absolute atomic E-state index is 0.00258. The fraction of sp³-hybridized carbons (Fsp3) is 0.364. The number of fused-ring (bicyclic) bond motifs is 1. The molecule has 0 saturated heterocycles. The molecule has 0 bridgehead atoms. The molecule has 0 saturated carbocycles. The van der Waals surface area contributed by atoms with E-state index in [1.807, 2.05) is 6.92 Å². The topological polar surface area (TPSA) is 26.3 Å². The van der Waals surface area contributed by atoms with Crippen LogP contribution in [0.25, 0.3) is 0 Å². The highest BCUT2D eigenvalue weighted by atomic mass is 19.3. The van der Waals surface area contributed by atoms with Crippen molar-refractivity contribution in [3.8, 4) is 5.75 Å². The summed E-state index contributed by atoms with van der Waals surface area (Å²) in [5, 5.41) is 0. The Bertz CT molecular complexity index is 402. The van der Waals surface area contributed by atoms with Gasteiger partial charge in [-0.3, -0.25) is 4.79 Å². The SMILES string of the molecule is CC1CC(=O)c2cccc(OC(F)F)c21. The number of Topliss-reactive ketones (excluding diaryl/α,β-unsaturated/α-hetero) is 1. The number of carbonyl (C=O) groups is 1. The summed E-state index contributed by atoms with van der Waals surface area (Å²) in [5.41, 5.74) is 1.13. The Hall–Kier alpha value is -1.45. The number of alkyl halides is 2. The maximum Gasteiger partial charge on any atom is 0.387 e. The predicted octanol–water partition coefficient (Wildman–Crippen LogP) is 2.98. The van der Waals surface area contributed by atoms with Gasteiger partial charge in [0.05, 0.1) is 0 Å². The molecule has 2 rings (SSSR count). The first-order valence-corrected chi connectivity index (χ1v) is 4.70. The van der Waals surface area contributed by atoms with E-state index in [0.29, 0.717) is 17.5 Å². The van der Waals surface area contributed by atoms with E-state index in [9.17, 15) is 13.6 Å². The van der Waals surface area contributed by atoms with Crippen molar-refractivity contribution in [1.29, 1.82) is 0 Å². The Balaban J connectivity index is 2.46. The van der Waals surface area contributed by atoms with Gasteiger partial charge in [-0.1, -0.05) is 19.1 Å². The van der Waals surface area contributed by atoms with Gasteiger partial charge in [0.25, 0.3) is 0 Å². The Kier molecular flexibility index (Phi) is 2.42. The summed E-state index contributed by atoms with van der Waals surface area (Å²) in [4.78, 5) is 11.5. The van der Waals surface area contributed by atoms with Gasteiger partial charge in [0.1, 0.15) is 5.75 Å². The first-order valence-electron chi connectivity index (χ1n) is 4.70. The minimum atomic E-state index is -2.85. The highest BCUT2D eigenvalue weighted by Gasteiger charge is 2.29. The third-order valence-electron chi connectivity index (χ3n) is 2.57. The summed E-state index contributed by atoms with van der Waals surface area (Å²) < 4.78 is 28.6. The lowest BCUT2D eigenvalue weighted by Gasteiger charge is -2.11. The van der Waals surface area contributed by atoms with Gasteiger partial charge in [-0.05, 0) is 12.0 Å². The Morgan fingerprint density at radius 3 is 2.87 bits per heavy atom. The molecule has 80 valence electrons. The van der Waals surface area contributed by atoms with Crippen molar-refractivity contribution >= 4 is 5.78 Å². The van der Waals surface area contributed by atoms with Crippen LogP contribution in [0.15, 0.2) is 18.2 Å². The third-order valence-corrected chi connectivity index (χ3v) is 2.57. The highest BCUT2D eigenvalue weighted by Crippen LogP contribution is 2.39. The van der Waals surface area contributed by atoms with Crippen molar-refractivity contribution in [2.75, 3.05) is 0 Å². The number of halogens is 2. The molecule has 0 fully saturated rings. The molecule has 0 spiro atoms. The predicted molar refractivity (Wildman–Crippen MR) is 50.4 cm³/mol. The largest absolute Gasteiger partial charge is 0.435 e.